The summed E-state index contributed by atoms with van der Waals surface area (Å²) in [5.74, 6) is 0. The zero-order chi connectivity index (χ0) is 12.8. The van der Waals surface area contributed by atoms with Gasteiger partial charge in [-0.2, -0.15) is 0 Å². The largest absolute Gasteiger partial charge is 0.392 e. The first-order valence-electron chi connectivity index (χ1n) is 6.08. The number of aliphatic hydroxyl groups is 1. The second-order valence-electron chi connectivity index (χ2n) is 4.30. The van der Waals surface area contributed by atoms with Crippen molar-refractivity contribution in [3.63, 3.8) is 0 Å². The first kappa shape index (κ1) is 12.5. The van der Waals surface area contributed by atoms with E-state index in [0.717, 1.165) is 17.1 Å². The summed E-state index contributed by atoms with van der Waals surface area (Å²) < 4.78 is 0. The molecule has 0 aliphatic carbocycles. The fourth-order valence-corrected chi connectivity index (χ4v) is 1.63. The summed E-state index contributed by atoms with van der Waals surface area (Å²) in [5, 5.41) is 15.7. The van der Waals surface area contributed by atoms with Crippen molar-refractivity contribution in [2.24, 2.45) is 0 Å². The van der Waals surface area contributed by atoms with E-state index in [1.54, 1.807) is 6.92 Å². The lowest BCUT2D eigenvalue weighted by Crippen LogP contribution is -2.15. The molecule has 0 spiro atoms. The van der Waals surface area contributed by atoms with Crippen molar-refractivity contribution in [1.29, 1.82) is 0 Å². The lowest BCUT2D eigenvalue weighted by molar-refractivity contribution is 0.208. The lowest BCUT2D eigenvalue weighted by atomic mass is 10.2. The van der Waals surface area contributed by atoms with Gasteiger partial charge in [-0.1, -0.05) is 18.2 Å². The van der Waals surface area contributed by atoms with Crippen LogP contribution in [0.25, 0.3) is 0 Å². The van der Waals surface area contributed by atoms with Crippen LogP contribution in [0.2, 0.25) is 0 Å². The average Bonchev–Trinajstić information content (AvgIpc) is 2.39. The lowest BCUT2D eigenvalue weighted by Gasteiger charge is -2.10. The van der Waals surface area contributed by atoms with E-state index in [1.807, 2.05) is 54.6 Å². The summed E-state index contributed by atoms with van der Waals surface area (Å²) in [7, 11) is 0. The van der Waals surface area contributed by atoms with Gasteiger partial charge in [-0.05, 0) is 43.3 Å². The molecule has 2 aromatic rings. The molecule has 94 valence electrons. The monoisotopic (exact) mass is 242 g/mol. The van der Waals surface area contributed by atoms with E-state index < -0.39 is 0 Å². The minimum absolute atomic E-state index is 0.341. The number of benzene rings is 2. The Hall–Kier alpha value is -2.00. The molecule has 0 saturated heterocycles. The van der Waals surface area contributed by atoms with Crippen molar-refractivity contribution in [1.82, 2.24) is 0 Å². The van der Waals surface area contributed by atoms with Crippen molar-refractivity contribution in [2.75, 3.05) is 17.2 Å². The number of aliphatic hydroxyl groups excluding tert-OH is 1. The van der Waals surface area contributed by atoms with Gasteiger partial charge in [-0.3, -0.25) is 0 Å². The molecule has 3 heteroatoms. The molecule has 0 fully saturated rings. The molecule has 0 bridgehead atoms. The minimum Gasteiger partial charge on any atom is -0.392 e. The topological polar surface area (TPSA) is 44.3 Å². The summed E-state index contributed by atoms with van der Waals surface area (Å²) >= 11 is 0. The van der Waals surface area contributed by atoms with Crippen LogP contribution in [0.5, 0.6) is 0 Å². The minimum atomic E-state index is -0.341. The molecule has 3 N–H and O–H groups in total. The van der Waals surface area contributed by atoms with Crippen molar-refractivity contribution < 1.29 is 5.11 Å². The highest BCUT2D eigenvalue weighted by atomic mass is 16.3. The van der Waals surface area contributed by atoms with Crippen molar-refractivity contribution in [3.05, 3.63) is 54.6 Å². The summed E-state index contributed by atoms with van der Waals surface area (Å²) in [5.41, 5.74) is 3.13. The highest BCUT2D eigenvalue weighted by Gasteiger charge is 1.97. The van der Waals surface area contributed by atoms with Crippen LogP contribution in [-0.4, -0.2) is 17.8 Å². The standard InChI is InChI=1S/C15H18N2O/c1-12(18)11-16-13-7-9-15(10-8-13)17-14-5-3-2-4-6-14/h2-10,12,16-18H,11H2,1H3. The average molecular weight is 242 g/mol. The number of rotatable bonds is 5. The van der Waals surface area contributed by atoms with Gasteiger partial charge in [-0.15, -0.1) is 0 Å². The SMILES string of the molecule is CC(O)CNc1ccc(Nc2ccccc2)cc1. The first-order chi connectivity index (χ1) is 8.74. The van der Waals surface area contributed by atoms with Crippen molar-refractivity contribution in [2.45, 2.75) is 13.0 Å². The molecule has 1 atom stereocenters. The maximum atomic E-state index is 9.19. The van der Waals surface area contributed by atoms with Gasteiger partial charge in [0, 0.05) is 23.6 Å². The van der Waals surface area contributed by atoms with Crippen LogP contribution in [0, 0.1) is 0 Å². The van der Waals surface area contributed by atoms with Gasteiger partial charge in [0.1, 0.15) is 0 Å². The predicted octanol–water partition coefficient (Wildman–Crippen LogP) is 3.22. The Labute approximate surface area is 107 Å². The smallest absolute Gasteiger partial charge is 0.0684 e. The zero-order valence-corrected chi connectivity index (χ0v) is 10.4. The molecule has 0 amide bonds. The van der Waals surface area contributed by atoms with Gasteiger partial charge in [0.05, 0.1) is 6.10 Å². The third kappa shape index (κ3) is 3.79. The number of anilines is 3. The Morgan fingerprint density at radius 1 is 0.889 bits per heavy atom. The van der Waals surface area contributed by atoms with Gasteiger partial charge in [-0.25, -0.2) is 0 Å². The Balaban J connectivity index is 1.95. The quantitative estimate of drug-likeness (QED) is 0.754. The molecule has 0 heterocycles. The van der Waals surface area contributed by atoms with E-state index in [2.05, 4.69) is 10.6 Å². The summed E-state index contributed by atoms with van der Waals surface area (Å²) in [6.45, 7) is 2.32. The van der Waals surface area contributed by atoms with Crippen LogP contribution in [0.15, 0.2) is 54.6 Å². The van der Waals surface area contributed by atoms with Crippen LogP contribution in [0.1, 0.15) is 6.92 Å². The van der Waals surface area contributed by atoms with Gasteiger partial charge in [0.15, 0.2) is 0 Å². The third-order valence-corrected chi connectivity index (χ3v) is 2.55. The second-order valence-corrected chi connectivity index (χ2v) is 4.30. The predicted molar refractivity (Wildman–Crippen MR) is 76.3 cm³/mol. The summed E-state index contributed by atoms with van der Waals surface area (Å²) in [6.07, 6.45) is -0.341. The van der Waals surface area contributed by atoms with E-state index in [1.165, 1.54) is 0 Å². The van der Waals surface area contributed by atoms with Gasteiger partial charge < -0.3 is 15.7 Å². The molecule has 3 nitrogen and oxygen atoms in total. The zero-order valence-electron chi connectivity index (χ0n) is 10.4. The van der Waals surface area contributed by atoms with E-state index >= 15 is 0 Å². The molecular weight excluding hydrogens is 224 g/mol. The summed E-state index contributed by atoms with van der Waals surface area (Å²) in [4.78, 5) is 0. The molecule has 1 unspecified atom stereocenters. The van der Waals surface area contributed by atoms with Crippen LogP contribution in [-0.2, 0) is 0 Å². The van der Waals surface area contributed by atoms with E-state index in [0.29, 0.717) is 6.54 Å². The Morgan fingerprint density at radius 3 is 2.06 bits per heavy atom. The third-order valence-electron chi connectivity index (χ3n) is 2.55. The normalized spacial score (nSPS) is 11.9. The van der Waals surface area contributed by atoms with Gasteiger partial charge >= 0.3 is 0 Å². The molecule has 0 saturated carbocycles. The van der Waals surface area contributed by atoms with Crippen molar-refractivity contribution in [3.8, 4) is 0 Å². The van der Waals surface area contributed by atoms with Gasteiger partial charge in [0.2, 0.25) is 0 Å². The molecule has 2 rings (SSSR count). The second kappa shape index (κ2) is 6.07. The van der Waals surface area contributed by atoms with E-state index in [9.17, 15) is 5.11 Å². The highest BCUT2D eigenvalue weighted by Crippen LogP contribution is 2.18. The molecule has 0 radical (unpaired) electrons. The summed E-state index contributed by atoms with van der Waals surface area (Å²) in [6, 6.07) is 18.1. The Morgan fingerprint density at radius 2 is 1.44 bits per heavy atom. The first-order valence-corrected chi connectivity index (χ1v) is 6.08. The molecule has 0 aliphatic heterocycles. The van der Waals surface area contributed by atoms with Gasteiger partial charge in [0.25, 0.3) is 0 Å². The fourth-order valence-electron chi connectivity index (χ4n) is 1.63. The Kier molecular flexibility index (Phi) is 4.20. The number of hydrogen-bond acceptors (Lipinski definition) is 3. The number of para-hydroxylation sites is 1. The molecule has 0 aromatic heterocycles. The van der Waals surface area contributed by atoms with Crippen LogP contribution < -0.4 is 10.6 Å². The number of nitrogens with one attached hydrogen (secondary N) is 2. The molecule has 18 heavy (non-hydrogen) atoms. The van der Waals surface area contributed by atoms with Crippen molar-refractivity contribution >= 4 is 17.1 Å². The molecular formula is C15H18N2O. The maximum absolute atomic E-state index is 9.19. The van der Waals surface area contributed by atoms with Crippen LogP contribution in [0.4, 0.5) is 17.1 Å². The van der Waals surface area contributed by atoms with Crippen LogP contribution >= 0.6 is 0 Å². The molecule has 0 aliphatic rings. The maximum Gasteiger partial charge on any atom is 0.0684 e. The number of hydrogen-bond donors (Lipinski definition) is 3. The van der Waals surface area contributed by atoms with E-state index in [-0.39, 0.29) is 6.10 Å². The van der Waals surface area contributed by atoms with E-state index in [4.69, 9.17) is 0 Å². The Bertz CT molecular complexity index is 466. The van der Waals surface area contributed by atoms with Crippen LogP contribution in [0.3, 0.4) is 0 Å². The molecule has 2 aromatic carbocycles. The fraction of sp³-hybridized carbons (Fsp3) is 0.200. The highest BCUT2D eigenvalue weighted by molar-refractivity contribution is 5.62.